The van der Waals surface area contributed by atoms with Gasteiger partial charge >= 0.3 is 0 Å². The molecule has 166 valence electrons. The second kappa shape index (κ2) is 7.48. The van der Waals surface area contributed by atoms with Crippen LogP contribution in [0.25, 0.3) is 0 Å². The third-order valence-electron chi connectivity index (χ3n) is 6.07. The minimum atomic E-state index is -1.37. The molecule has 3 aromatic rings. The number of hydrogen-bond donors (Lipinski definition) is 2. The van der Waals surface area contributed by atoms with Crippen LogP contribution in [0, 0.1) is 28.8 Å². The highest BCUT2D eigenvalue weighted by atomic mass is 19.1. The molecule has 1 aliphatic carbocycles. The van der Waals surface area contributed by atoms with Gasteiger partial charge in [0, 0.05) is 6.07 Å². The Hall–Kier alpha value is -4.13. The maximum atomic E-state index is 14.5. The molecule has 7 nitrogen and oxygen atoms in total. The van der Waals surface area contributed by atoms with Crippen molar-refractivity contribution < 1.29 is 22.8 Å². The van der Waals surface area contributed by atoms with Gasteiger partial charge in [-0.1, -0.05) is 12.1 Å². The fourth-order valence-corrected chi connectivity index (χ4v) is 4.46. The number of fused-ring (bicyclic) bond motifs is 1. The summed E-state index contributed by atoms with van der Waals surface area (Å²) in [5.74, 6) is -4.39. The van der Waals surface area contributed by atoms with Gasteiger partial charge in [-0.05, 0) is 48.1 Å². The molecule has 2 aromatic carbocycles. The lowest BCUT2D eigenvalue weighted by Crippen LogP contribution is -2.62. The topological polar surface area (TPSA) is 99.8 Å². The predicted octanol–water partition coefficient (Wildman–Crippen LogP) is 3.22. The van der Waals surface area contributed by atoms with E-state index in [1.54, 1.807) is 24.3 Å². The number of rotatable bonds is 4. The van der Waals surface area contributed by atoms with Crippen molar-refractivity contribution in [2.24, 2.45) is 0 Å². The number of benzene rings is 2. The zero-order valence-electron chi connectivity index (χ0n) is 17.0. The van der Waals surface area contributed by atoms with Crippen LogP contribution in [0.4, 0.5) is 18.9 Å². The summed E-state index contributed by atoms with van der Waals surface area (Å²) in [6, 6.07) is 10.6. The number of nitrogens with zero attached hydrogens (tertiary/aromatic N) is 3. The lowest BCUT2D eigenvalue weighted by Gasteiger charge is -2.44. The maximum Gasteiger partial charge on any atom is 0.275 e. The first-order valence-electron chi connectivity index (χ1n) is 10.1. The molecule has 2 aliphatic heterocycles. The summed E-state index contributed by atoms with van der Waals surface area (Å²) in [6.45, 7) is 0.133. The van der Waals surface area contributed by atoms with Gasteiger partial charge in [0.2, 0.25) is 5.91 Å². The van der Waals surface area contributed by atoms with E-state index in [0.717, 1.165) is 6.20 Å². The maximum absolute atomic E-state index is 14.5. The SMILES string of the molecule is N#Cc1cccc(Cn2cc(F)c(C(=O)NC34CC(C3)c3cc(F)cc(F)c3NC4=O)n2)c1. The third kappa shape index (κ3) is 3.51. The van der Waals surface area contributed by atoms with Gasteiger partial charge in [0.05, 0.1) is 30.1 Å². The van der Waals surface area contributed by atoms with Crippen LogP contribution in [0.2, 0.25) is 0 Å². The van der Waals surface area contributed by atoms with Gasteiger partial charge in [0.15, 0.2) is 11.5 Å². The summed E-state index contributed by atoms with van der Waals surface area (Å²) in [7, 11) is 0. The molecule has 0 unspecified atom stereocenters. The second-order valence-electron chi connectivity index (χ2n) is 8.28. The predicted molar refractivity (Wildman–Crippen MR) is 110 cm³/mol. The second-order valence-corrected chi connectivity index (χ2v) is 8.28. The van der Waals surface area contributed by atoms with Crippen LogP contribution in [0.5, 0.6) is 0 Å². The highest BCUT2D eigenvalue weighted by Crippen LogP contribution is 2.51. The zero-order chi connectivity index (χ0) is 23.3. The largest absolute Gasteiger partial charge is 0.336 e. The Kier molecular flexibility index (Phi) is 4.70. The molecule has 0 spiro atoms. The van der Waals surface area contributed by atoms with E-state index in [-0.39, 0.29) is 31.0 Å². The number of anilines is 1. The average molecular weight is 451 g/mol. The summed E-state index contributed by atoms with van der Waals surface area (Å²) >= 11 is 0. The van der Waals surface area contributed by atoms with E-state index in [1.807, 2.05) is 6.07 Å². The molecule has 2 N–H and O–H groups in total. The van der Waals surface area contributed by atoms with Gasteiger partial charge in [0.1, 0.15) is 17.2 Å². The molecule has 0 radical (unpaired) electrons. The van der Waals surface area contributed by atoms with Crippen LogP contribution in [0.1, 0.15) is 45.9 Å². The fourth-order valence-electron chi connectivity index (χ4n) is 4.46. The molecule has 2 bridgehead atoms. The molecule has 3 heterocycles. The lowest BCUT2D eigenvalue weighted by atomic mass is 9.66. The van der Waals surface area contributed by atoms with Gasteiger partial charge in [0.25, 0.3) is 5.91 Å². The minimum absolute atomic E-state index is 0.102. The molecule has 3 aliphatic rings. The van der Waals surface area contributed by atoms with Crippen molar-refractivity contribution in [3.63, 3.8) is 0 Å². The van der Waals surface area contributed by atoms with Gasteiger partial charge < -0.3 is 10.6 Å². The first-order chi connectivity index (χ1) is 15.8. The van der Waals surface area contributed by atoms with Crippen LogP contribution < -0.4 is 10.6 Å². The fraction of sp³-hybridized carbons (Fsp3) is 0.217. The standard InChI is InChI=1S/C23H16F3N5O2/c24-15-5-16-14-7-23(8-14,22(33)28-19(16)17(25)6-15)29-21(32)20-18(26)11-31(30-20)10-13-3-1-2-12(4-13)9-27/h1-6,11,14H,7-8,10H2,(H,28,33)(H,29,32). The van der Waals surface area contributed by atoms with Crippen LogP contribution >= 0.6 is 0 Å². The first kappa shape index (κ1) is 20.8. The Labute approximate surface area is 185 Å². The van der Waals surface area contributed by atoms with E-state index < -0.39 is 40.5 Å². The molecular weight excluding hydrogens is 435 g/mol. The van der Waals surface area contributed by atoms with E-state index in [0.29, 0.717) is 22.8 Å². The van der Waals surface area contributed by atoms with E-state index >= 15 is 0 Å². The van der Waals surface area contributed by atoms with Gasteiger partial charge in [-0.25, -0.2) is 13.2 Å². The number of aromatic nitrogens is 2. The monoisotopic (exact) mass is 451 g/mol. The number of amides is 2. The Morgan fingerprint density at radius 2 is 2.03 bits per heavy atom. The van der Waals surface area contributed by atoms with E-state index in [4.69, 9.17) is 5.26 Å². The van der Waals surface area contributed by atoms with Gasteiger partial charge in [-0.15, -0.1) is 0 Å². The van der Waals surface area contributed by atoms with Crippen molar-refractivity contribution >= 4 is 17.5 Å². The van der Waals surface area contributed by atoms with Crippen molar-refractivity contribution in [3.8, 4) is 6.07 Å². The van der Waals surface area contributed by atoms with Crippen LogP contribution in [-0.4, -0.2) is 27.1 Å². The summed E-state index contributed by atoms with van der Waals surface area (Å²) in [4.78, 5) is 25.6. The number of nitriles is 1. The quantitative estimate of drug-likeness (QED) is 0.636. The van der Waals surface area contributed by atoms with E-state index in [2.05, 4.69) is 15.7 Å². The van der Waals surface area contributed by atoms with Crippen molar-refractivity contribution in [3.05, 3.63) is 82.4 Å². The molecule has 1 aromatic heterocycles. The van der Waals surface area contributed by atoms with Gasteiger partial charge in [-0.2, -0.15) is 10.4 Å². The number of halogens is 3. The van der Waals surface area contributed by atoms with Crippen molar-refractivity contribution in [1.82, 2.24) is 15.1 Å². The van der Waals surface area contributed by atoms with Crippen LogP contribution in [-0.2, 0) is 11.3 Å². The molecular formula is C23H16F3N5O2. The molecule has 10 heteroatoms. The molecule has 2 amide bonds. The summed E-state index contributed by atoms with van der Waals surface area (Å²) < 4.78 is 43.6. The summed E-state index contributed by atoms with van der Waals surface area (Å²) in [5.41, 5.74) is -0.502. The Morgan fingerprint density at radius 3 is 2.79 bits per heavy atom. The Balaban J connectivity index is 1.35. The van der Waals surface area contributed by atoms with Crippen LogP contribution in [0.15, 0.2) is 42.6 Å². The zero-order valence-corrected chi connectivity index (χ0v) is 17.0. The molecule has 1 saturated carbocycles. The number of nitrogens with one attached hydrogen (secondary N) is 2. The Morgan fingerprint density at radius 1 is 1.24 bits per heavy atom. The normalized spacial score (nSPS) is 20.7. The van der Waals surface area contributed by atoms with E-state index in [9.17, 15) is 22.8 Å². The average Bonchev–Trinajstić information content (AvgIpc) is 3.01. The Bertz CT molecular complexity index is 1350. The molecule has 6 rings (SSSR count). The smallest absolute Gasteiger partial charge is 0.275 e. The van der Waals surface area contributed by atoms with Crippen molar-refractivity contribution in [2.75, 3.05) is 5.32 Å². The van der Waals surface area contributed by atoms with Gasteiger partial charge in [-0.3, -0.25) is 14.3 Å². The lowest BCUT2D eigenvalue weighted by molar-refractivity contribution is -0.125. The van der Waals surface area contributed by atoms with E-state index in [1.165, 1.54) is 10.7 Å². The molecule has 33 heavy (non-hydrogen) atoms. The molecule has 1 fully saturated rings. The summed E-state index contributed by atoms with van der Waals surface area (Å²) in [6.07, 6.45) is 1.31. The molecule has 0 saturated heterocycles. The number of carbonyl (C=O) groups excluding carboxylic acids is 2. The molecule has 0 atom stereocenters. The van der Waals surface area contributed by atoms with Crippen molar-refractivity contribution in [1.29, 1.82) is 5.26 Å². The first-order valence-corrected chi connectivity index (χ1v) is 10.1. The highest BCUT2D eigenvalue weighted by Gasteiger charge is 2.55. The minimum Gasteiger partial charge on any atom is -0.336 e. The number of hydrogen-bond acceptors (Lipinski definition) is 4. The number of carbonyl (C=O) groups is 2. The highest BCUT2D eigenvalue weighted by molar-refractivity contribution is 6.05. The van der Waals surface area contributed by atoms with Crippen LogP contribution in [0.3, 0.4) is 0 Å². The van der Waals surface area contributed by atoms with Crippen molar-refractivity contribution in [2.45, 2.75) is 30.8 Å². The summed E-state index contributed by atoms with van der Waals surface area (Å²) in [5, 5.41) is 18.0. The third-order valence-corrected chi connectivity index (χ3v) is 6.07.